The number of aryl methyl sites for hydroxylation is 1. The molecule has 1 aromatic carbocycles. The third-order valence-corrected chi connectivity index (χ3v) is 5.79. The van der Waals surface area contributed by atoms with Crippen molar-refractivity contribution in [3.8, 4) is 11.6 Å². The predicted molar refractivity (Wildman–Crippen MR) is 97.5 cm³/mol. The highest BCUT2D eigenvalue weighted by atomic mass is 32.1. The Labute approximate surface area is 150 Å². The van der Waals surface area contributed by atoms with Gasteiger partial charge in [-0.15, -0.1) is 5.10 Å². The maximum atomic E-state index is 10.8. The van der Waals surface area contributed by atoms with Crippen molar-refractivity contribution in [2.75, 3.05) is 20.2 Å². The lowest BCUT2D eigenvalue weighted by Crippen LogP contribution is -2.34. The first-order valence-corrected chi connectivity index (χ1v) is 9.42. The number of piperidine rings is 1. The van der Waals surface area contributed by atoms with Crippen LogP contribution in [0.4, 0.5) is 0 Å². The van der Waals surface area contributed by atoms with E-state index >= 15 is 0 Å². The summed E-state index contributed by atoms with van der Waals surface area (Å²) in [5.41, 5.74) is 1.12. The van der Waals surface area contributed by atoms with E-state index in [2.05, 4.69) is 27.1 Å². The van der Waals surface area contributed by atoms with Gasteiger partial charge in [-0.05, 0) is 50.6 Å². The minimum absolute atomic E-state index is 0.00999. The van der Waals surface area contributed by atoms with Crippen molar-refractivity contribution in [2.45, 2.75) is 32.2 Å². The van der Waals surface area contributed by atoms with E-state index in [1.54, 1.807) is 11.6 Å². The van der Waals surface area contributed by atoms with Crippen LogP contribution in [-0.2, 0) is 0 Å². The van der Waals surface area contributed by atoms with Gasteiger partial charge in [-0.25, -0.2) is 4.98 Å². The van der Waals surface area contributed by atoms with Crippen LogP contribution in [0.25, 0.3) is 4.96 Å². The zero-order valence-corrected chi connectivity index (χ0v) is 15.3. The van der Waals surface area contributed by atoms with Gasteiger partial charge < -0.3 is 9.84 Å². The zero-order valence-electron chi connectivity index (χ0n) is 14.5. The summed E-state index contributed by atoms with van der Waals surface area (Å²) in [5, 5.41) is 15.1. The number of fused-ring (bicyclic) bond motifs is 1. The van der Waals surface area contributed by atoms with Crippen LogP contribution < -0.4 is 4.74 Å². The molecule has 7 heteroatoms. The van der Waals surface area contributed by atoms with Crippen LogP contribution in [0.2, 0.25) is 0 Å². The number of aromatic nitrogens is 3. The SMILES string of the molecule is COc1cccc([C@@H](c2sc3nc(C)nn3c2O)N2CCCCC2)c1. The lowest BCUT2D eigenvalue weighted by atomic mass is 10.00. The average Bonchev–Trinajstić information content (AvgIpc) is 3.14. The zero-order chi connectivity index (χ0) is 17.4. The van der Waals surface area contributed by atoms with E-state index in [4.69, 9.17) is 4.74 Å². The maximum absolute atomic E-state index is 10.8. The smallest absolute Gasteiger partial charge is 0.230 e. The second-order valence-corrected chi connectivity index (χ2v) is 7.43. The maximum Gasteiger partial charge on any atom is 0.230 e. The first kappa shape index (κ1) is 16.4. The molecule has 3 aromatic rings. The van der Waals surface area contributed by atoms with Crippen molar-refractivity contribution in [1.29, 1.82) is 0 Å². The van der Waals surface area contributed by atoms with E-state index < -0.39 is 0 Å². The van der Waals surface area contributed by atoms with Crippen molar-refractivity contribution in [3.05, 3.63) is 40.5 Å². The summed E-state index contributed by atoms with van der Waals surface area (Å²) in [6, 6.07) is 8.10. The average molecular weight is 358 g/mol. The van der Waals surface area contributed by atoms with Gasteiger partial charge in [-0.3, -0.25) is 4.90 Å². The van der Waals surface area contributed by atoms with E-state index in [0.717, 1.165) is 34.2 Å². The Kier molecular flexibility index (Phi) is 4.35. The molecule has 1 N–H and O–H groups in total. The first-order valence-electron chi connectivity index (χ1n) is 8.60. The largest absolute Gasteiger partial charge is 0.497 e. The number of rotatable bonds is 4. The quantitative estimate of drug-likeness (QED) is 0.774. The Bertz CT molecular complexity index is 882. The Balaban J connectivity index is 1.83. The van der Waals surface area contributed by atoms with E-state index in [-0.39, 0.29) is 11.9 Å². The summed E-state index contributed by atoms with van der Waals surface area (Å²) in [6.45, 7) is 3.88. The fourth-order valence-corrected chi connectivity index (χ4v) is 4.71. The molecule has 0 spiro atoms. The number of nitrogens with zero attached hydrogens (tertiary/aromatic N) is 4. The first-order chi connectivity index (χ1) is 12.2. The van der Waals surface area contributed by atoms with Crippen LogP contribution in [0, 0.1) is 6.92 Å². The highest BCUT2D eigenvalue weighted by Crippen LogP contribution is 2.41. The summed E-state index contributed by atoms with van der Waals surface area (Å²) in [7, 11) is 1.68. The summed E-state index contributed by atoms with van der Waals surface area (Å²) < 4.78 is 6.96. The van der Waals surface area contributed by atoms with Crippen molar-refractivity contribution >= 4 is 16.3 Å². The monoisotopic (exact) mass is 358 g/mol. The van der Waals surface area contributed by atoms with Crippen LogP contribution in [0.15, 0.2) is 24.3 Å². The molecule has 0 unspecified atom stereocenters. The Morgan fingerprint density at radius 1 is 1.24 bits per heavy atom. The van der Waals surface area contributed by atoms with Crippen LogP contribution >= 0.6 is 11.3 Å². The topological polar surface area (TPSA) is 62.9 Å². The molecule has 1 atom stereocenters. The van der Waals surface area contributed by atoms with Crippen molar-refractivity contribution < 1.29 is 9.84 Å². The standard InChI is InChI=1S/C18H22N4O2S/c1-12-19-18-22(20-12)17(23)16(25-18)15(21-9-4-3-5-10-21)13-7-6-8-14(11-13)24-2/h6-8,11,15,23H,3-5,9-10H2,1-2H3/t15-/m0/s1. The van der Waals surface area contributed by atoms with Gasteiger partial charge in [-0.2, -0.15) is 4.52 Å². The Hall–Kier alpha value is -2.12. The second-order valence-electron chi connectivity index (χ2n) is 6.42. The molecule has 2 aromatic heterocycles. The number of aromatic hydroxyl groups is 1. The fourth-order valence-electron chi connectivity index (χ4n) is 3.54. The Morgan fingerprint density at radius 3 is 2.76 bits per heavy atom. The lowest BCUT2D eigenvalue weighted by molar-refractivity contribution is 0.186. The third-order valence-electron chi connectivity index (χ3n) is 4.72. The van der Waals surface area contributed by atoms with Crippen molar-refractivity contribution in [2.24, 2.45) is 0 Å². The minimum Gasteiger partial charge on any atom is -0.497 e. The molecule has 0 aliphatic carbocycles. The van der Waals surface area contributed by atoms with E-state index in [1.807, 2.05) is 19.1 Å². The van der Waals surface area contributed by atoms with Crippen LogP contribution in [0.1, 0.15) is 41.6 Å². The van der Waals surface area contributed by atoms with Crippen molar-refractivity contribution in [1.82, 2.24) is 19.5 Å². The highest BCUT2D eigenvalue weighted by molar-refractivity contribution is 7.17. The van der Waals surface area contributed by atoms with E-state index in [1.165, 1.54) is 30.6 Å². The van der Waals surface area contributed by atoms with Gasteiger partial charge in [0, 0.05) is 0 Å². The number of hydrogen-bond acceptors (Lipinski definition) is 6. The van der Waals surface area contributed by atoms with Gasteiger partial charge >= 0.3 is 0 Å². The molecule has 1 fully saturated rings. The van der Waals surface area contributed by atoms with Crippen LogP contribution in [0.5, 0.6) is 11.6 Å². The number of thiazole rings is 1. The minimum atomic E-state index is -0.00999. The predicted octanol–water partition coefficient (Wildman–Crippen LogP) is 3.39. The molecule has 4 rings (SSSR count). The van der Waals surface area contributed by atoms with Gasteiger partial charge in [0.15, 0.2) is 0 Å². The molecule has 1 aliphatic heterocycles. The fraction of sp³-hybridized carbons (Fsp3) is 0.444. The molecule has 1 aliphatic rings. The van der Waals surface area contributed by atoms with Crippen molar-refractivity contribution in [3.63, 3.8) is 0 Å². The number of ether oxygens (including phenoxy) is 1. The number of benzene rings is 1. The van der Waals surface area contributed by atoms with E-state index in [9.17, 15) is 5.11 Å². The molecule has 0 saturated carbocycles. The normalized spacial score (nSPS) is 17.0. The summed E-state index contributed by atoms with van der Waals surface area (Å²) in [4.78, 5) is 8.48. The van der Waals surface area contributed by atoms with Gasteiger partial charge in [0.2, 0.25) is 10.8 Å². The summed E-state index contributed by atoms with van der Waals surface area (Å²) in [5.74, 6) is 1.69. The molecule has 1 saturated heterocycles. The highest BCUT2D eigenvalue weighted by Gasteiger charge is 2.30. The van der Waals surface area contributed by atoms with Crippen LogP contribution in [-0.4, -0.2) is 44.8 Å². The Morgan fingerprint density at radius 2 is 2.04 bits per heavy atom. The molecule has 25 heavy (non-hydrogen) atoms. The van der Waals surface area contributed by atoms with E-state index in [0.29, 0.717) is 5.82 Å². The summed E-state index contributed by atoms with van der Waals surface area (Å²) >= 11 is 1.51. The molecular weight excluding hydrogens is 336 g/mol. The second kappa shape index (κ2) is 6.65. The van der Waals surface area contributed by atoms with Crippen LogP contribution in [0.3, 0.4) is 0 Å². The van der Waals surface area contributed by atoms with Gasteiger partial charge in [0.1, 0.15) is 11.6 Å². The number of likely N-dealkylation sites (tertiary alicyclic amines) is 1. The molecule has 3 heterocycles. The summed E-state index contributed by atoms with van der Waals surface area (Å²) in [6.07, 6.45) is 3.63. The lowest BCUT2D eigenvalue weighted by Gasteiger charge is -2.34. The molecule has 0 radical (unpaired) electrons. The molecule has 132 valence electrons. The third kappa shape index (κ3) is 2.98. The van der Waals surface area contributed by atoms with Gasteiger partial charge in [-0.1, -0.05) is 29.9 Å². The number of hydrogen-bond donors (Lipinski definition) is 1. The molecule has 0 amide bonds. The number of methoxy groups -OCH3 is 1. The van der Waals surface area contributed by atoms with Gasteiger partial charge in [0.25, 0.3) is 0 Å². The molecule has 6 nitrogen and oxygen atoms in total. The molecular formula is C18H22N4O2S. The van der Waals surface area contributed by atoms with Gasteiger partial charge in [0.05, 0.1) is 18.0 Å². The molecule has 0 bridgehead atoms.